The fraction of sp³-hybridized carbons (Fsp3) is 0.133. The average Bonchev–Trinajstić information content (AvgIpc) is 2.52. The first-order chi connectivity index (χ1) is 10.5. The van der Waals surface area contributed by atoms with Crippen LogP contribution in [0.5, 0.6) is 17.2 Å². The lowest BCUT2D eigenvalue weighted by Crippen LogP contribution is -2.03. The number of phenols is 1. The molecule has 22 heavy (non-hydrogen) atoms. The van der Waals surface area contributed by atoms with E-state index in [0.29, 0.717) is 5.75 Å². The summed E-state index contributed by atoms with van der Waals surface area (Å²) in [6.45, 7) is 1.62. The molecule has 0 unspecified atom stereocenters. The Bertz CT molecular complexity index is 730. The molecule has 0 aliphatic carbocycles. The molecule has 0 spiro atoms. The van der Waals surface area contributed by atoms with Crippen LogP contribution in [0.25, 0.3) is 0 Å². The summed E-state index contributed by atoms with van der Waals surface area (Å²) < 4.78 is 5.66. The third-order valence-electron chi connectivity index (χ3n) is 2.96. The molecule has 0 heterocycles. The molecule has 0 saturated carbocycles. The van der Waals surface area contributed by atoms with Gasteiger partial charge in [-0.1, -0.05) is 25.1 Å². The standard InChI is InChI=1S/C15H12INO5/c1-2-12(18)10-8-11(17(20)21)15(13(16)14(10)19)22-9-6-4-3-5-7-9/h3-8,19H,2H2,1H3. The molecule has 2 rings (SSSR count). The summed E-state index contributed by atoms with van der Waals surface area (Å²) >= 11 is 1.73. The Morgan fingerprint density at radius 2 is 2.00 bits per heavy atom. The number of hydrogen-bond donors (Lipinski definition) is 1. The van der Waals surface area contributed by atoms with Crippen LogP contribution in [0.1, 0.15) is 23.7 Å². The van der Waals surface area contributed by atoms with E-state index in [2.05, 4.69) is 0 Å². The van der Waals surface area contributed by atoms with Gasteiger partial charge in [-0.2, -0.15) is 0 Å². The lowest BCUT2D eigenvalue weighted by Gasteiger charge is -2.12. The fourth-order valence-electron chi connectivity index (χ4n) is 1.85. The number of phenolic OH excluding ortho intramolecular Hbond substituents is 1. The number of rotatable bonds is 5. The van der Waals surface area contributed by atoms with Crippen LogP contribution in [0.15, 0.2) is 36.4 Å². The first-order valence-corrected chi connectivity index (χ1v) is 7.49. The summed E-state index contributed by atoms with van der Waals surface area (Å²) in [6, 6.07) is 9.57. The molecule has 1 N–H and O–H groups in total. The van der Waals surface area contributed by atoms with Crippen molar-refractivity contribution in [2.75, 3.05) is 0 Å². The number of benzene rings is 2. The molecule has 0 aliphatic heterocycles. The summed E-state index contributed by atoms with van der Waals surface area (Å²) in [4.78, 5) is 22.4. The highest BCUT2D eigenvalue weighted by Crippen LogP contribution is 2.42. The fourth-order valence-corrected chi connectivity index (χ4v) is 2.53. The van der Waals surface area contributed by atoms with Crippen LogP contribution in [-0.2, 0) is 0 Å². The quantitative estimate of drug-likeness (QED) is 0.342. The highest BCUT2D eigenvalue weighted by atomic mass is 127. The number of Topliss-reactive ketones (excluding diaryl/α,β-unsaturated/α-hetero) is 1. The molecule has 0 aliphatic rings. The predicted octanol–water partition coefficient (Wildman–Crippen LogP) is 4.29. The van der Waals surface area contributed by atoms with Gasteiger partial charge in [-0.15, -0.1) is 0 Å². The third kappa shape index (κ3) is 3.19. The molecule has 0 amide bonds. The molecular formula is C15H12INO5. The highest BCUT2D eigenvalue weighted by molar-refractivity contribution is 14.1. The maximum atomic E-state index is 11.8. The summed E-state index contributed by atoms with van der Waals surface area (Å²) in [7, 11) is 0. The number of halogens is 1. The number of nitro benzene ring substituents is 1. The predicted molar refractivity (Wildman–Crippen MR) is 88.6 cm³/mol. The third-order valence-corrected chi connectivity index (χ3v) is 3.96. The van der Waals surface area contributed by atoms with Crippen molar-refractivity contribution in [3.63, 3.8) is 0 Å². The van der Waals surface area contributed by atoms with Crippen molar-refractivity contribution >= 4 is 34.1 Å². The first-order valence-electron chi connectivity index (χ1n) is 6.41. The Morgan fingerprint density at radius 1 is 1.36 bits per heavy atom. The first kappa shape index (κ1) is 16.2. The largest absolute Gasteiger partial charge is 0.506 e. The zero-order valence-electron chi connectivity index (χ0n) is 11.6. The van der Waals surface area contributed by atoms with E-state index in [1.807, 2.05) is 0 Å². The number of ether oxygens (including phenoxy) is 1. The maximum Gasteiger partial charge on any atom is 0.313 e. The molecular weight excluding hydrogens is 401 g/mol. The number of hydrogen-bond acceptors (Lipinski definition) is 5. The molecule has 0 radical (unpaired) electrons. The van der Waals surface area contributed by atoms with E-state index in [0.717, 1.165) is 6.07 Å². The Morgan fingerprint density at radius 3 is 2.55 bits per heavy atom. The molecule has 0 atom stereocenters. The maximum absolute atomic E-state index is 11.8. The van der Waals surface area contributed by atoms with Crippen LogP contribution in [0.3, 0.4) is 0 Å². The Balaban J connectivity index is 2.60. The van der Waals surface area contributed by atoms with E-state index in [1.165, 1.54) is 0 Å². The number of nitrogens with zero attached hydrogens (tertiary/aromatic N) is 1. The summed E-state index contributed by atoms with van der Waals surface area (Å²) in [5.41, 5.74) is -0.429. The lowest BCUT2D eigenvalue weighted by molar-refractivity contribution is -0.385. The second kappa shape index (κ2) is 6.73. The van der Waals surface area contributed by atoms with Crippen molar-refractivity contribution in [2.24, 2.45) is 0 Å². The number of para-hydroxylation sites is 1. The van der Waals surface area contributed by atoms with Gasteiger partial charge in [-0.05, 0) is 34.7 Å². The van der Waals surface area contributed by atoms with Crippen molar-refractivity contribution in [1.29, 1.82) is 0 Å². The summed E-state index contributed by atoms with van der Waals surface area (Å²) in [5, 5.41) is 21.4. The number of carbonyl (C=O) groups is 1. The van der Waals surface area contributed by atoms with Crippen molar-refractivity contribution < 1.29 is 19.6 Å². The number of nitro groups is 1. The SMILES string of the molecule is CCC(=O)c1cc([N+](=O)[O-])c(Oc2ccccc2)c(I)c1O. The van der Waals surface area contributed by atoms with Gasteiger partial charge in [-0.3, -0.25) is 14.9 Å². The van der Waals surface area contributed by atoms with Crippen LogP contribution >= 0.6 is 22.6 Å². The number of carbonyl (C=O) groups excluding carboxylic acids is 1. The topological polar surface area (TPSA) is 89.7 Å². The van der Waals surface area contributed by atoms with Gasteiger partial charge in [0.2, 0.25) is 5.75 Å². The van der Waals surface area contributed by atoms with Crippen LogP contribution < -0.4 is 4.74 Å². The molecule has 0 fully saturated rings. The molecule has 0 saturated heterocycles. The van der Waals surface area contributed by atoms with Crippen LogP contribution in [0, 0.1) is 13.7 Å². The van der Waals surface area contributed by atoms with Gasteiger partial charge in [0.25, 0.3) is 0 Å². The minimum Gasteiger partial charge on any atom is -0.506 e. The Kier molecular flexibility index (Phi) is 4.96. The van der Waals surface area contributed by atoms with Crippen LogP contribution in [-0.4, -0.2) is 15.8 Å². The molecule has 2 aromatic carbocycles. The molecule has 6 nitrogen and oxygen atoms in total. The minimum absolute atomic E-state index is 0.0704. The van der Waals surface area contributed by atoms with Crippen LogP contribution in [0.2, 0.25) is 0 Å². The molecule has 0 aromatic heterocycles. The van der Waals surface area contributed by atoms with Gasteiger partial charge in [-0.25, -0.2) is 0 Å². The van der Waals surface area contributed by atoms with Crippen LogP contribution in [0.4, 0.5) is 5.69 Å². The van der Waals surface area contributed by atoms with Gasteiger partial charge >= 0.3 is 5.69 Å². The van der Waals surface area contributed by atoms with E-state index in [1.54, 1.807) is 59.8 Å². The smallest absolute Gasteiger partial charge is 0.313 e. The Labute approximate surface area is 140 Å². The van der Waals surface area contributed by atoms with E-state index in [-0.39, 0.29) is 38.5 Å². The van der Waals surface area contributed by atoms with Crippen molar-refractivity contribution in [1.82, 2.24) is 0 Å². The highest BCUT2D eigenvalue weighted by Gasteiger charge is 2.27. The zero-order valence-corrected chi connectivity index (χ0v) is 13.7. The number of aromatic hydroxyl groups is 1. The van der Waals surface area contributed by atoms with E-state index in [9.17, 15) is 20.0 Å². The monoisotopic (exact) mass is 413 g/mol. The van der Waals surface area contributed by atoms with Crippen molar-refractivity contribution in [3.8, 4) is 17.2 Å². The second-order valence-corrected chi connectivity index (χ2v) is 5.46. The average molecular weight is 413 g/mol. The van der Waals surface area contributed by atoms with E-state index in [4.69, 9.17) is 4.74 Å². The zero-order chi connectivity index (χ0) is 16.3. The van der Waals surface area contributed by atoms with Crippen molar-refractivity contribution in [3.05, 3.63) is 55.6 Å². The minimum atomic E-state index is -0.633. The number of ketones is 1. The molecule has 7 heteroatoms. The molecule has 0 bridgehead atoms. The van der Waals surface area contributed by atoms with E-state index < -0.39 is 4.92 Å². The second-order valence-electron chi connectivity index (χ2n) is 4.38. The Hall–Kier alpha value is -2.16. The van der Waals surface area contributed by atoms with Gasteiger partial charge < -0.3 is 9.84 Å². The summed E-state index contributed by atoms with van der Waals surface area (Å²) in [6.07, 6.45) is 0.139. The lowest BCUT2D eigenvalue weighted by atomic mass is 10.1. The normalized spacial score (nSPS) is 10.3. The van der Waals surface area contributed by atoms with Gasteiger partial charge in [0.15, 0.2) is 5.78 Å². The molecule has 114 valence electrons. The van der Waals surface area contributed by atoms with Crippen molar-refractivity contribution in [2.45, 2.75) is 13.3 Å². The van der Waals surface area contributed by atoms with Gasteiger partial charge in [0, 0.05) is 12.5 Å². The summed E-state index contributed by atoms with van der Waals surface area (Å²) in [5.74, 6) is -0.354. The molecule has 2 aromatic rings. The van der Waals surface area contributed by atoms with Gasteiger partial charge in [0.1, 0.15) is 15.1 Å². The van der Waals surface area contributed by atoms with E-state index >= 15 is 0 Å². The van der Waals surface area contributed by atoms with Gasteiger partial charge in [0.05, 0.1) is 10.5 Å².